The number of hydrogen-bond donors (Lipinski definition) is 4. The van der Waals surface area contributed by atoms with Crippen LogP contribution in [-0.2, 0) is 4.79 Å². The van der Waals surface area contributed by atoms with Crippen molar-refractivity contribution >= 4 is 5.97 Å². The summed E-state index contributed by atoms with van der Waals surface area (Å²) in [5, 5.41) is 14.0. The third-order valence-corrected chi connectivity index (χ3v) is 2.44. The summed E-state index contributed by atoms with van der Waals surface area (Å²) in [5.41, 5.74) is 8.37. The second-order valence-electron chi connectivity index (χ2n) is 3.73. The quantitative estimate of drug-likeness (QED) is 0.405. The van der Waals surface area contributed by atoms with Crippen LogP contribution in [-0.4, -0.2) is 48.4 Å². The fraction of sp³-hybridized carbons (Fsp3) is 0.889. The molecule has 0 amide bonds. The molecule has 0 aliphatic carbocycles. The van der Waals surface area contributed by atoms with E-state index in [9.17, 15) is 4.79 Å². The minimum absolute atomic E-state index is 0.489. The SMILES string of the molecule is NCCCCC(NN1CCNC1)C(=O)O. The van der Waals surface area contributed by atoms with Crippen molar-refractivity contribution in [1.82, 2.24) is 15.8 Å². The zero-order valence-electron chi connectivity index (χ0n) is 8.91. The number of nitrogens with two attached hydrogens (primary N) is 1. The van der Waals surface area contributed by atoms with Crippen LogP contribution in [0.15, 0.2) is 0 Å². The van der Waals surface area contributed by atoms with Gasteiger partial charge in [-0.15, -0.1) is 0 Å². The van der Waals surface area contributed by atoms with Crippen LogP contribution in [0.3, 0.4) is 0 Å². The van der Waals surface area contributed by atoms with Gasteiger partial charge in [0.15, 0.2) is 0 Å². The number of nitrogens with zero attached hydrogens (tertiary/aromatic N) is 1. The summed E-state index contributed by atoms with van der Waals surface area (Å²) >= 11 is 0. The molecule has 1 aliphatic rings. The van der Waals surface area contributed by atoms with Gasteiger partial charge in [-0.2, -0.15) is 0 Å². The summed E-state index contributed by atoms with van der Waals surface area (Å²) in [5.74, 6) is -0.793. The van der Waals surface area contributed by atoms with Crippen LogP contribution in [0.5, 0.6) is 0 Å². The number of carboxylic acids is 1. The first-order valence-electron chi connectivity index (χ1n) is 5.38. The highest BCUT2D eigenvalue weighted by Gasteiger charge is 2.21. The predicted octanol–water partition coefficient (Wildman–Crippen LogP) is -1.06. The number of carboxylic acid groups (broad SMARTS) is 1. The van der Waals surface area contributed by atoms with Crippen molar-refractivity contribution < 1.29 is 9.90 Å². The lowest BCUT2D eigenvalue weighted by molar-refractivity contribution is -0.141. The Bertz CT molecular complexity index is 195. The summed E-state index contributed by atoms with van der Waals surface area (Å²) in [7, 11) is 0. The molecule has 1 aliphatic heterocycles. The first kappa shape index (κ1) is 12.4. The predicted molar refractivity (Wildman–Crippen MR) is 57.0 cm³/mol. The molecule has 1 atom stereocenters. The maximum absolute atomic E-state index is 10.9. The Kier molecular flexibility index (Phi) is 5.56. The van der Waals surface area contributed by atoms with Crippen LogP contribution in [0.1, 0.15) is 19.3 Å². The van der Waals surface area contributed by atoms with Crippen LogP contribution in [0, 0.1) is 0 Å². The van der Waals surface area contributed by atoms with Crippen LogP contribution in [0.2, 0.25) is 0 Å². The fourth-order valence-electron chi connectivity index (χ4n) is 1.57. The van der Waals surface area contributed by atoms with E-state index in [4.69, 9.17) is 10.8 Å². The molecule has 1 heterocycles. The fourth-order valence-corrected chi connectivity index (χ4v) is 1.57. The van der Waals surface area contributed by atoms with Crippen molar-refractivity contribution in [3.63, 3.8) is 0 Å². The van der Waals surface area contributed by atoms with E-state index in [2.05, 4.69) is 10.7 Å². The number of hydrazine groups is 1. The van der Waals surface area contributed by atoms with Crippen LogP contribution in [0.25, 0.3) is 0 Å². The van der Waals surface area contributed by atoms with Crippen molar-refractivity contribution in [3.05, 3.63) is 0 Å². The summed E-state index contributed by atoms with van der Waals surface area (Å²) < 4.78 is 0. The van der Waals surface area contributed by atoms with Crippen molar-refractivity contribution in [2.24, 2.45) is 5.73 Å². The smallest absolute Gasteiger partial charge is 0.322 e. The lowest BCUT2D eigenvalue weighted by Gasteiger charge is -2.21. The van der Waals surface area contributed by atoms with Gasteiger partial charge in [0.1, 0.15) is 6.04 Å². The Morgan fingerprint density at radius 2 is 2.40 bits per heavy atom. The zero-order valence-corrected chi connectivity index (χ0v) is 8.91. The molecule has 1 unspecified atom stereocenters. The molecular weight excluding hydrogens is 196 g/mol. The number of carbonyl (C=O) groups is 1. The summed E-state index contributed by atoms with van der Waals surface area (Å²) in [6.07, 6.45) is 2.36. The van der Waals surface area contributed by atoms with E-state index < -0.39 is 12.0 Å². The average Bonchev–Trinajstić information content (AvgIpc) is 2.69. The van der Waals surface area contributed by atoms with Crippen molar-refractivity contribution in [1.29, 1.82) is 0 Å². The van der Waals surface area contributed by atoms with Gasteiger partial charge < -0.3 is 16.2 Å². The van der Waals surface area contributed by atoms with Crippen LogP contribution in [0.4, 0.5) is 0 Å². The highest BCUT2D eigenvalue weighted by atomic mass is 16.4. The lowest BCUT2D eigenvalue weighted by Crippen LogP contribution is -2.47. The minimum atomic E-state index is -0.793. The van der Waals surface area contributed by atoms with Crippen LogP contribution < -0.4 is 16.5 Å². The molecule has 6 nitrogen and oxygen atoms in total. The van der Waals surface area contributed by atoms with E-state index in [-0.39, 0.29) is 0 Å². The van der Waals surface area contributed by atoms with Gasteiger partial charge in [0.05, 0.1) is 6.67 Å². The van der Waals surface area contributed by atoms with Gasteiger partial charge in [-0.1, -0.05) is 0 Å². The molecule has 0 aromatic carbocycles. The summed E-state index contributed by atoms with van der Waals surface area (Å²) in [4.78, 5) is 10.9. The molecule has 15 heavy (non-hydrogen) atoms. The highest BCUT2D eigenvalue weighted by molar-refractivity contribution is 5.73. The Morgan fingerprint density at radius 1 is 1.60 bits per heavy atom. The molecule has 0 radical (unpaired) electrons. The van der Waals surface area contributed by atoms with Gasteiger partial charge in [0.2, 0.25) is 0 Å². The maximum Gasteiger partial charge on any atom is 0.322 e. The third kappa shape index (κ3) is 4.57. The number of rotatable bonds is 7. The summed E-state index contributed by atoms with van der Waals surface area (Å²) in [6, 6.07) is -0.489. The first-order valence-corrected chi connectivity index (χ1v) is 5.38. The van der Waals surface area contributed by atoms with Gasteiger partial charge in [0, 0.05) is 13.1 Å². The Balaban J connectivity index is 2.26. The molecule has 0 aromatic rings. The molecule has 88 valence electrons. The van der Waals surface area contributed by atoms with Gasteiger partial charge in [-0.05, 0) is 25.8 Å². The van der Waals surface area contributed by atoms with E-state index in [1.54, 1.807) is 0 Å². The second-order valence-corrected chi connectivity index (χ2v) is 3.73. The van der Waals surface area contributed by atoms with Crippen molar-refractivity contribution in [2.45, 2.75) is 25.3 Å². The number of hydrogen-bond acceptors (Lipinski definition) is 5. The molecule has 0 spiro atoms. The number of unbranched alkanes of at least 4 members (excludes halogenated alkanes) is 1. The largest absolute Gasteiger partial charge is 0.480 e. The molecule has 5 N–H and O–H groups in total. The van der Waals surface area contributed by atoms with Gasteiger partial charge >= 0.3 is 5.97 Å². The Morgan fingerprint density at radius 3 is 2.93 bits per heavy atom. The van der Waals surface area contributed by atoms with Crippen molar-refractivity contribution in [3.8, 4) is 0 Å². The third-order valence-electron chi connectivity index (χ3n) is 2.44. The zero-order chi connectivity index (χ0) is 11.1. The van der Waals surface area contributed by atoms with Gasteiger partial charge in [0.25, 0.3) is 0 Å². The average molecular weight is 216 g/mol. The Labute approximate surface area is 89.8 Å². The monoisotopic (exact) mass is 216 g/mol. The normalized spacial score (nSPS) is 19.3. The molecule has 1 rings (SSSR count). The standard InChI is InChI=1S/C9H20N4O2/c10-4-2-1-3-8(9(14)15)12-13-6-5-11-7-13/h8,11-12H,1-7,10H2,(H,14,15). The lowest BCUT2D eigenvalue weighted by atomic mass is 10.1. The number of nitrogens with one attached hydrogen (secondary N) is 2. The molecule has 0 saturated carbocycles. The molecule has 0 bridgehead atoms. The highest BCUT2D eigenvalue weighted by Crippen LogP contribution is 2.02. The Hall–Kier alpha value is -0.690. The topological polar surface area (TPSA) is 90.6 Å². The second kappa shape index (κ2) is 6.73. The van der Waals surface area contributed by atoms with Gasteiger partial charge in [-0.25, -0.2) is 10.4 Å². The van der Waals surface area contributed by atoms with Gasteiger partial charge in [-0.3, -0.25) is 4.79 Å². The maximum atomic E-state index is 10.9. The number of aliphatic carboxylic acids is 1. The van der Waals surface area contributed by atoms with Crippen LogP contribution >= 0.6 is 0 Å². The van der Waals surface area contributed by atoms with E-state index in [0.717, 1.165) is 25.9 Å². The minimum Gasteiger partial charge on any atom is -0.480 e. The van der Waals surface area contributed by atoms with E-state index in [1.165, 1.54) is 0 Å². The van der Waals surface area contributed by atoms with E-state index in [1.807, 2.05) is 5.01 Å². The molecule has 1 saturated heterocycles. The molecule has 6 heteroatoms. The van der Waals surface area contributed by atoms with E-state index >= 15 is 0 Å². The molecule has 1 fully saturated rings. The van der Waals surface area contributed by atoms with Crippen molar-refractivity contribution in [2.75, 3.05) is 26.3 Å². The van der Waals surface area contributed by atoms with E-state index in [0.29, 0.717) is 19.6 Å². The molecular formula is C9H20N4O2. The summed E-state index contributed by atoms with van der Waals surface area (Å²) in [6.45, 7) is 3.08. The first-order chi connectivity index (χ1) is 7.24. The molecule has 0 aromatic heterocycles.